The number of hydrogen-bond donors (Lipinski definition) is 1. The van der Waals surface area contributed by atoms with E-state index in [-0.39, 0.29) is 11.5 Å². The highest BCUT2D eigenvalue weighted by Gasteiger charge is 2.17. The van der Waals surface area contributed by atoms with Gasteiger partial charge in [-0.3, -0.25) is 0 Å². The molecule has 0 saturated heterocycles. The molecule has 1 rings (SSSR count). The molecule has 0 aliphatic heterocycles. The molecule has 13 heavy (non-hydrogen) atoms. The molecule has 0 fully saturated rings. The van der Waals surface area contributed by atoms with E-state index < -0.39 is 0 Å². The van der Waals surface area contributed by atoms with Gasteiger partial charge in [0, 0.05) is 17.7 Å². The minimum atomic E-state index is -0.0240. The summed E-state index contributed by atoms with van der Waals surface area (Å²) in [6.07, 6.45) is 1.77. The summed E-state index contributed by atoms with van der Waals surface area (Å²) in [6, 6.07) is 1.84. The second-order valence-electron chi connectivity index (χ2n) is 4.34. The molecule has 0 aliphatic carbocycles. The molecule has 0 spiro atoms. The Labute approximate surface area is 79.4 Å². The SMILES string of the molecule is C[C@H](N)c1ccnc(C(C)(C)C)n1. The van der Waals surface area contributed by atoms with Crippen LogP contribution in [0.1, 0.15) is 45.3 Å². The van der Waals surface area contributed by atoms with E-state index in [4.69, 9.17) is 5.73 Å². The Morgan fingerprint density at radius 2 is 2.00 bits per heavy atom. The van der Waals surface area contributed by atoms with Crippen molar-refractivity contribution >= 4 is 0 Å². The number of hydrogen-bond acceptors (Lipinski definition) is 3. The fourth-order valence-corrected chi connectivity index (χ4v) is 0.988. The van der Waals surface area contributed by atoms with Crippen molar-refractivity contribution in [3.05, 3.63) is 23.8 Å². The maximum Gasteiger partial charge on any atom is 0.133 e. The van der Waals surface area contributed by atoms with Gasteiger partial charge in [-0.05, 0) is 13.0 Å². The molecule has 3 nitrogen and oxygen atoms in total. The number of nitrogens with zero attached hydrogens (tertiary/aromatic N) is 2. The van der Waals surface area contributed by atoms with Gasteiger partial charge in [-0.1, -0.05) is 20.8 Å². The molecular weight excluding hydrogens is 162 g/mol. The van der Waals surface area contributed by atoms with E-state index in [9.17, 15) is 0 Å². The Kier molecular flexibility index (Phi) is 2.66. The van der Waals surface area contributed by atoms with Crippen LogP contribution in [0.2, 0.25) is 0 Å². The lowest BCUT2D eigenvalue weighted by Gasteiger charge is -2.17. The molecule has 0 aromatic carbocycles. The summed E-state index contributed by atoms with van der Waals surface area (Å²) in [5.74, 6) is 0.849. The summed E-state index contributed by atoms with van der Waals surface area (Å²) in [6.45, 7) is 8.20. The lowest BCUT2D eigenvalue weighted by Crippen LogP contribution is -2.18. The minimum Gasteiger partial charge on any atom is -0.323 e. The molecule has 1 heterocycles. The highest BCUT2D eigenvalue weighted by atomic mass is 14.9. The average Bonchev–Trinajstić information content (AvgIpc) is 2.03. The van der Waals surface area contributed by atoms with Crippen LogP contribution in [0.5, 0.6) is 0 Å². The molecule has 0 aliphatic rings. The summed E-state index contributed by atoms with van der Waals surface area (Å²) in [5, 5.41) is 0. The van der Waals surface area contributed by atoms with Gasteiger partial charge in [-0.2, -0.15) is 0 Å². The van der Waals surface area contributed by atoms with E-state index in [2.05, 4.69) is 30.7 Å². The van der Waals surface area contributed by atoms with Crippen molar-refractivity contribution in [1.29, 1.82) is 0 Å². The number of nitrogens with two attached hydrogens (primary N) is 1. The van der Waals surface area contributed by atoms with Gasteiger partial charge in [0.05, 0.1) is 5.69 Å². The predicted octanol–water partition coefficient (Wildman–Crippen LogP) is 1.79. The Morgan fingerprint density at radius 3 is 2.46 bits per heavy atom. The van der Waals surface area contributed by atoms with Crippen molar-refractivity contribution in [2.75, 3.05) is 0 Å². The fraction of sp³-hybridized carbons (Fsp3) is 0.600. The topological polar surface area (TPSA) is 51.8 Å². The lowest BCUT2D eigenvalue weighted by atomic mass is 9.95. The van der Waals surface area contributed by atoms with Gasteiger partial charge in [0.1, 0.15) is 5.82 Å². The van der Waals surface area contributed by atoms with Gasteiger partial charge in [0.2, 0.25) is 0 Å². The van der Waals surface area contributed by atoms with Crippen LogP contribution in [0.15, 0.2) is 12.3 Å². The Balaban J connectivity index is 3.06. The highest BCUT2D eigenvalue weighted by Crippen LogP contribution is 2.18. The molecule has 0 radical (unpaired) electrons. The van der Waals surface area contributed by atoms with E-state index in [1.54, 1.807) is 6.20 Å². The third-order valence-corrected chi connectivity index (χ3v) is 1.81. The van der Waals surface area contributed by atoms with Gasteiger partial charge in [0.25, 0.3) is 0 Å². The summed E-state index contributed by atoms with van der Waals surface area (Å²) >= 11 is 0. The number of aromatic nitrogens is 2. The summed E-state index contributed by atoms with van der Waals surface area (Å²) in [7, 11) is 0. The van der Waals surface area contributed by atoms with Gasteiger partial charge in [-0.25, -0.2) is 9.97 Å². The molecule has 0 unspecified atom stereocenters. The van der Waals surface area contributed by atoms with Crippen molar-refractivity contribution in [2.45, 2.75) is 39.2 Å². The van der Waals surface area contributed by atoms with Crippen molar-refractivity contribution in [3.63, 3.8) is 0 Å². The van der Waals surface area contributed by atoms with E-state index >= 15 is 0 Å². The van der Waals surface area contributed by atoms with E-state index in [1.165, 1.54) is 0 Å². The first-order chi connectivity index (χ1) is 5.91. The van der Waals surface area contributed by atoms with Crippen LogP contribution in [-0.4, -0.2) is 9.97 Å². The van der Waals surface area contributed by atoms with Crippen LogP contribution in [0, 0.1) is 0 Å². The van der Waals surface area contributed by atoms with Gasteiger partial charge >= 0.3 is 0 Å². The zero-order chi connectivity index (χ0) is 10.1. The van der Waals surface area contributed by atoms with Crippen LogP contribution in [0.3, 0.4) is 0 Å². The Bertz CT molecular complexity index is 286. The first-order valence-electron chi connectivity index (χ1n) is 4.50. The molecule has 1 aromatic heterocycles. The first-order valence-corrected chi connectivity index (χ1v) is 4.50. The largest absolute Gasteiger partial charge is 0.323 e. The van der Waals surface area contributed by atoms with Crippen LogP contribution < -0.4 is 5.73 Å². The maximum atomic E-state index is 5.74. The first kappa shape index (κ1) is 10.1. The second kappa shape index (κ2) is 3.42. The third-order valence-electron chi connectivity index (χ3n) is 1.81. The van der Waals surface area contributed by atoms with E-state index in [0.717, 1.165) is 11.5 Å². The number of rotatable bonds is 1. The van der Waals surface area contributed by atoms with Crippen molar-refractivity contribution in [1.82, 2.24) is 9.97 Å². The molecule has 72 valence electrons. The summed E-state index contributed by atoms with van der Waals surface area (Å²) in [5.41, 5.74) is 6.63. The van der Waals surface area contributed by atoms with Gasteiger partial charge in [-0.15, -0.1) is 0 Å². The zero-order valence-corrected chi connectivity index (χ0v) is 8.70. The molecular formula is C10H17N3. The molecule has 0 amide bonds. The molecule has 2 N–H and O–H groups in total. The molecule has 0 saturated carbocycles. The van der Waals surface area contributed by atoms with Gasteiger partial charge in [0.15, 0.2) is 0 Å². The summed E-state index contributed by atoms with van der Waals surface area (Å²) in [4.78, 5) is 8.63. The van der Waals surface area contributed by atoms with Crippen molar-refractivity contribution < 1.29 is 0 Å². The highest BCUT2D eigenvalue weighted by molar-refractivity contribution is 5.10. The lowest BCUT2D eigenvalue weighted by molar-refractivity contribution is 0.537. The fourth-order valence-electron chi connectivity index (χ4n) is 0.988. The maximum absolute atomic E-state index is 5.74. The zero-order valence-electron chi connectivity index (χ0n) is 8.70. The standard InChI is InChI=1S/C10H17N3/c1-7(11)8-5-6-12-9(13-8)10(2,3)4/h5-7H,11H2,1-4H3/t7-/m0/s1. The minimum absolute atomic E-state index is 0.00903. The molecule has 1 atom stereocenters. The Morgan fingerprint density at radius 1 is 1.38 bits per heavy atom. The van der Waals surface area contributed by atoms with E-state index in [1.807, 2.05) is 13.0 Å². The molecule has 0 bridgehead atoms. The van der Waals surface area contributed by atoms with E-state index in [0.29, 0.717) is 0 Å². The van der Waals surface area contributed by atoms with Crippen LogP contribution in [0.25, 0.3) is 0 Å². The van der Waals surface area contributed by atoms with Crippen molar-refractivity contribution in [2.24, 2.45) is 5.73 Å². The monoisotopic (exact) mass is 179 g/mol. The van der Waals surface area contributed by atoms with Crippen LogP contribution in [0.4, 0.5) is 0 Å². The second-order valence-corrected chi connectivity index (χ2v) is 4.34. The molecule has 1 aromatic rings. The normalized spacial score (nSPS) is 14.2. The van der Waals surface area contributed by atoms with Crippen molar-refractivity contribution in [3.8, 4) is 0 Å². The van der Waals surface area contributed by atoms with Gasteiger partial charge < -0.3 is 5.73 Å². The third kappa shape index (κ3) is 2.49. The quantitative estimate of drug-likeness (QED) is 0.715. The predicted molar refractivity (Wildman–Crippen MR) is 53.3 cm³/mol. The smallest absolute Gasteiger partial charge is 0.133 e. The van der Waals surface area contributed by atoms with Crippen LogP contribution >= 0.6 is 0 Å². The summed E-state index contributed by atoms with van der Waals surface area (Å²) < 4.78 is 0. The Hall–Kier alpha value is -0.960. The average molecular weight is 179 g/mol. The molecule has 3 heteroatoms. The van der Waals surface area contributed by atoms with Crippen LogP contribution in [-0.2, 0) is 5.41 Å².